The minimum absolute atomic E-state index is 0.0133. The van der Waals surface area contributed by atoms with Gasteiger partial charge in [-0.1, -0.05) is 11.6 Å². The van der Waals surface area contributed by atoms with E-state index >= 15 is 0 Å². The number of carbonyl (C=O) groups is 1. The van der Waals surface area contributed by atoms with Crippen LogP contribution < -0.4 is 5.32 Å². The molecule has 1 N–H and O–H groups in total. The largest absolute Gasteiger partial charge is 0.354 e. The maximum Gasteiger partial charge on any atom is 0.243 e. The molecule has 7 heteroatoms. The van der Waals surface area contributed by atoms with Crippen molar-refractivity contribution < 1.29 is 13.2 Å². The van der Waals surface area contributed by atoms with E-state index in [0.29, 0.717) is 31.0 Å². The highest BCUT2D eigenvalue weighted by atomic mass is 35.5. The van der Waals surface area contributed by atoms with Gasteiger partial charge in [0, 0.05) is 30.1 Å². The molecule has 1 aromatic rings. The Kier molecular flexibility index (Phi) is 5.70. The van der Waals surface area contributed by atoms with Gasteiger partial charge >= 0.3 is 0 Å². The molecule has 1 aromatic carbocycles. The van der Waals surface area contributed by atoms with Gasteiger partial charge in [-0.05, 0) is 57.4 Å². The maximum absolute atomic E-state index is 12.7. The van der Waals surface area contributed by atoms with Crippen molar-refractivity contribution in [3.8, 4) is 0 Å². The maximum atomic E-state index is 12.7. The van der Waals surface area contributed by atoms with E-state index in [-0.39, 0.29) is 22.8 Å². The van der Waals surface area contributed by atoms with Gasteiger partial charge in [-0.15, -0.1) is 0 Å². The highest BCUT2D eigenvalue weighted by molar-refractivity contribution is 7.89. The summed E-state index contributed by atoms with van der Waals surface area (Å²) in [5.41, 5.74) is 0.735. The van der Waals surface area contributed by atoms with Crippen LogP contribution in [-0.2, 0) is 14.8 Å². The van der Waals surface area contributed by atoms with E-state index in [9.17, 15) is 13.2 Å². The molecule has 5 nitrogen and oxygen atoms in total. The van der Waals surface area contributed by atoms with Crippen LogP contribution in [0.5, 0.6) is 0 Å². The highest BCUT2D eigenvalue weighted by Crippen LogP contribution is 2.26. The molecule has 1 heterocycles. The fourth-order valence-electron chi connectivity index (χ4n) is 2.69. The predicted molar refractivity (Wildman–Crippen MR) is 91.0 cm³/mol. The molecule has 1 aliphatic heterocycles. The number of nitrogens with zero attached hydrogens (tertiary/aromatic N) is 1. The number of piperidine rings is 1. The first-order chi connectivity index (χ1) is 10.7. The molecule has 1 amide bonds. The van der Waals surface area contributed by atoms with Crippen molar-refractivity contribution >= 4 is 27.5 Å². The molecule has 0 radical (unpaired) electrons. The summed E-state index contributed by atoms with van der Waals surface area (Å²) < 4.78 is 26.8. The van der Waals surface area contributed by atoms with Gasteiger partial charge in [0.05, 0.1) is 4.90 Å². The number of benzene rings is 1. The Morgan fingerprint density at radius 1 is 1.30 bits per heavy atom. The first kappa shape index (κ1) is 18.2. The van der Waals surface area contributed by atoms with Gasteiger partial charge in [-0.25, -0.2) is 8.42 Å². The highest BCUT2D eigenvalue weighted by Gasteiger charge is 2.32. The molecule has 2 rings (SSSR count). The van der Waals surface area contributed by atoms with Crippen LogP contribution in [0.25, 0.3) is 0 Å². The van der Waals surface area contributed by atoms with Crippen LogP contribution >= 0.6 is 11.6 Å². The molecule has 1 aliphatic rings. The third-order valence-corrected chi connectivity index (χ3v) is 6.34. The Bertz CT molecular complexity index is 681. The smallest absolute Gasteiger partial charge is 0.243 e. The van der Waals surface area contributed by atoms with Crippen molar-refractivity contribution in [2.45, 2.75) is 44.6 Å². The molecule has 0 spiro atoms. The number of hydrogen-bond acceptors (Lipinski definition) is 3. The topological polar surface area (TPSA) is 66.5 Å². The first-order valence-corrected chi connectivity index (χ1v) is 9.60. The number of sulfonamides is 1. The van der Waals surface area contributed by atoms with Crippen molar-refractivity contribution in [3.05, 3.63) is 28.8 Å². The number of aryl methyl sites for hydroxylation is 1. The van der Waals surface area contributed by atoms with Crippen molar-refractivity contribution in [1.82, 2.24) is 9.62 Å². The fraction of sp³-hybridized carbons (Fsp3) is 0.562. The molecule has 0 atom stereocenters. The predicted octanol–water partition coefficient (Wildman–Crippen LogP) is 2.57. The molecular weight excluding hydrogens is 336 g/mol. The molecule has 1 fully saturated rings. The van der Waals surface area contributed by atoms with Crippen molar-refractivity contribution in [2.75, 3.05) is 13.1 Å². The molecular formula is C16H23ClN2O3S. The normalized spacial score (nSPS) is 17.4. The molecule has 23 heavy (non-hydrogen) atoms. The van der Waals surface area contributed by atoms with Gasteiger partial charge in [0.2, 0.25) is 15.9 Å². The Labute approximate surface area is 143 Å². The summed E-state index contributed by atoms with van der Waals surface area (Å²) in [5.74, 6) is -0.102. The third kappa shape index (κ3) is 4.25. The molecule has 0 aromatic heterocycles. The van der Waals surface area contributed by atoms with Crippen LogP contribution in [0.3, 0.4) is 0 Å². The second-order valence-corrected chi connectivity index (χ2v) is 8.60. The summed E-state index contributed by atoms with van der Waals surface area (Å²) >= 11 is 5.96. The quantitative estimate of drug-likeness (QED) is 0.899. The number of carbonyl (C=O) groups excluding carboxylic acids is 1. The minimum atomic E-state index is -3.53. The second kappa shape index (κ2) is 7.20. The molecule has 0 saturated carbocycles. The third-order valence-electron chi connectivity index (χ3n) is 4.02. The van der Waals surface area contributed by atoms with Gasteiger partial charge in [-0.3, -0.25) is 4.79 Å². The average molecular weight is 359 g/mol. The molecule has 128 valence electrons. The molecule has 0 unspecified atom stereocenters. The number of amides is 1. The lowest BCUT2D eigenvalue weighted by Crippen LogP contribution is -2.44. The van der Waals surface area contributed by atoms with E-state index in [0.717, 1.165) is 5.56 Å². The summed E-state index contributed by atoms with van der Waals surface area (Å²) in [6.07, 6.45) is 1.09. The number of hydrogen-bond donors (Lipinski definition) is 1. The van der Waals surface area contributed by atoms with E-state index in [1.807, 2.05) is 13.8 Å². The average Bonchev–Trinajstić information content (AvgIpc) is 2.49. The Balaban J connectivity index is 2.06. The zero-order valence-electron chi connectivity index (χ0n) is 13.7. The van der Waals surface area contributed by atoms with Gasteiger partial charge in [0.15, 0.2) is 0 Å². The van der Waals surface area contributed by atoms with Crippen LogP contribution in [-0.4, -0.2) is 37.8 Å². The van der Waals surface area contributed by atoms with Gasteiger partial charge in [-0.2, -0.15) is 4.31 Å². The van der Waals surface area contributed by atoms with E-state index < -0.39 is 10.0 Å². The lowest BCUT2D eigenvalue weighted by atomic mass is 9.97. The fourth-order valence-corrected chi connectivity index (χ4v) is 4.36. The van der Waals surface area contributed by atoms with Crippen LogP contribution in [0.4, 0.5) is 0 Å². The van der Waals surface area contributed by atoms with Crippen LogP contribution in [0.1, 0.15) is 32.3 Å². The van der Waals surface area contributed by atoms with E-state index in [4.69, 9.17) is 11.6 Å². The molecule has 0 bridgehead atoms. The zero-order valence-corrected chi connectivity index (χ0v) is 15.2. The Morgan fingerprint density at radius 2 is 1.91 bits per heavy atom. The van der Waals surface area contributed by atoms with Crippen LogP contribution in [0.15, 0.2) is 23.1 Å². The van der Waals surface area contributed by atoms with E-state index in [1.165, 1.54) is 10.4 Å². The monoisotopic (exact) mass is 358 g/mol. The second-order valence-electron chi connectivity index (χ2n) is 6.25. The Hall–Kier alpha value is -1.11. The first-order valence-electron chi connectivity index (χ1n) is 7.78. The van der Waals surface area contributed by atoms with Crippen LogP contribution in [0, 0.1) is 12.8 Å². The summed E-state index contributed by atoms with van der Waals surface area (Å²) in [4.78, 5) is 12.3. The van der Waals surface area contributed by atoms with E-state index in [2.05, 4.69) is 5.32 Å². The van der Waals surface area contributed by atoms with Crippen molar-refractivity contribution in [1.29, 1.82) is 0 Å². The van der Waals surface area contributed by atoms with Gasteiger partial charge < -0.3 is 5.32 Å². The number of nitrogens with one attached hydrogen (secondary N) is 1. The van der Waals surface area contributed by atoms with Crippen molar-refractivity contribution in [3.63, 3.8) is 0 Å². The minimum Gasteiger partial charge on any atom is -0.354 e. The SMILES string of the molecule is Cc1cc(S(=O)(=O)N2CCC(C(=O)NC(C)C)CC2)ccc1Cl. The van der Waals surface area contributed by atoms with E-state index in [1.54, 1.807) is 19.1 Å². The lowest BCUT2D eigenvalue weighted by Gasteiger charge is -2.31. The van der Waals surface area contributed by atoms with Gasteiger partial charge in [0.1, 0.15) is 0 Å². The zero-order chi connectivity index (χ0) is 17.2. The van der Waals surface area contributed by atoms with Crippen LogP contribution in [0.2, 0.25) is 5.02 Å². The molecule has 1 saturated heterocycles. The van der Waals surface area contributed by atoms with Crippen molar-refractivity contribution in [2.24, 2.45) is 5.92 Å². The summed E-state index contributed by atoms with van der Waals surface area (Å²) in [6, 6.07) is 4.82. The number of rotatable bonds is 4. The Morgan fingerprint density at radius 3 is 2.43 bits per heavy atom. The summed E-state index contributed by atoms with van der Waals surface area (Å²) in [6.45, 7) is 6.34. The number of halogens is 1. The summed E-state index contributed by atoms with van der Waals surface area (Å²) in [7, 11) is -3.53. The van der Waals surface area contributed by atoms with Gasteiger partial charge in [0.25, 0.3) is 0 Å². The summed E-state index contributed by atoms with van der Waals surface area (Å²) in [5, 5.41) is 3.44. The lowest BCUT2D eigenvalue weighted by molar-refractivity contribution is -0.126. The molecule has 0 aliphatic carbocycles. The standard InChI is InChI=1S/C16H23ClN2O3S/c1-11(2)18-16(20)13-6-8-19(9-7-13)23(21,22)14-4-5-15(17)12(3)10-14/h4-5,10-11,13H,6-9H2,1-3H3,(H,18,20).